The van der Waals surface area contributed by atoms with Crippen LogP contribution >= 0.6 is 0 Å². The highest BCUT2D eigenvalue weighted by molar-refractivity contribution is 6.27. The Labute approximate surface area is 97.6 Å². The third-order valence-corrected chi connectivity index (χ3v) is 2.81. The van der Waals surface area contributed by atoms with Crippen LogP contribution in [0.4, 0.5) is 0 Å². The van der Waals surface area contributed by atoms with Crippen molar-refractivity contribution in [2.75, 3.05) is 0 Å². The number of carboxylic acids is 1. The minimum absolute atomic E-state index is 0.0844. The van der Waals surface area contributed by atoms with Gasteiger partial charge in [-0.1, -0.05) is 24.3 Å². The number of rotatable bonds is 2. The van der Waals surface area contributed by atoms with Crippen LogP contribution in [0.15, 0.2) is 35.4 Å². The van der Waals surface area contributed by atoms with Gasteiger partial charge in [0.25, 0.3) is 0 Å². The third-order valence-electron chi connectivity index (χ3n) is 2.81. The molecule has 1 aliphatic rings. The number of ketones is 2. The summed E-state index contributed by atoms with van der Waals surface area (Å²) in [6, 6.07) is 6.46. The summed E-state index contributed by atoms with van der Waals surface area (Å²) >= 11 is 0. The molecule has 86 valence electrons. The van der Waals surface area contributed by atoms with Crippen LogP contribution in [0.3, 0.4) is 0 Å². The molecule has 0 heterocycles. The number of benzene rings is 1. The lowest BCUT2D eigenvalue weighted by molar-refractivity contribution is -0.136. The fourth-order valence-electron chi connectivity index (χ4n) is 1.92. The van der Waals surface area contributed by atoms with Gasteiger partial charge in [-0.3, -0.25) is 14.4 Å². The molecule has 0 radical (unpaired) electrons. The molecule has 1 aromatic rings. The summed E-state index contributed by atoms with van der Waals surface area (Å²) in [5.74, 6) is -1.74. The number of carbonyl (C=O) groups is 3. The number of fused-ring (bicyclic) bond motifs is 1. The zero-order chi connectivity index (χ0) is 12.6. The first-order valence-corrected chi connectivity index (χ1v) is 5.12. The Hall–Kier alpha value is -2.23. The van der Waals surface area contributed by atoms with E-state index in [1.807, 2.05) is 0 Å². The number of allylic oxidation sites excluding steroid dienone is 1. The Morgan fingerprint density at radius 3 is 2.18 bits per heavy atom. The minimum atomic E-state index is -1.11. The first kappa shape index (κ1) is 11.3. The highest BCUT2D eigenvalue weighted by Gasteiger charge is 2.30. The van der Waals surface area contributed by atoms with Gasteiger partial charge in [-0.15, -0.1) is 0 Å². The van der Waals surface area contributed by atoms with Crippen LogP contribution in [0.5, 0.6) is 0 Å². The molecule has 0 atom stereocenters. The summed E-state index contributed by atoms with van der Waals surface area (Å²) in [5.41, 5.74) is 0.959. The Balaban J connectivity index is 2.58. The van der Waals surface area contributed by atoms with E-state index in [2.05, 4.69) is 0 Å². The predicted molar refractivity (Wildman–Crippen MR) is 60.1 cm³/mol. The minimum Gasteiger partial charge on any atom is -0.481 e. The van der Waals surface area contributed by atoms with Gasteiger partial charge in [0.1, 0.15) is 0 Å². The van der Waals surface area contributed by atoms with Gasteiger partial charge in [-0.05, 0) is 6.92 Å². The maximum atomic E-state index is 12.0. The lowest BCUT2D eigenvalue weighted by Crippen LogP contribution is -2.22. The van der Waals surface area contributed by atoms with Crippen molar-refractivity contribution in [3.63, 3.8) is 0 Å². The Kier molecular flexibility index (Phi) is 2.63. The van der Waals surface area contributed by atoms with E-state index in [0.29, 0.717) is 11.1 Å². The molecular formula is C13H10O4. The topological polar surface area (TPSA) is 71.4 Å². The fraction of sp³-hybridized carbons (Fsp3) is 0.154. The van der Waals surface area contributed by atoms with Crippen LogP contribution in [-0.2, 0) is 4.79 Å². The van der Waals surface area contributed by atoms with Gasteiger partial charge in [-0.2, -0.15) is 0 Å². The van der Waals surface area contributed by atoms with Crippen molar-refractivity contribution in [1.29, 1.82) is 0 Å². The average Bonchev–Trinajstić information content (AvgIpc) is 2.31. The first-order chi connectivity index (χ1) is 8.02. The number of carboxylic acid groups (broad SMARTS) is 1. The van der Waals surface area contributed by atoms with Gasteiger partial charge in [0, 0.05) is 22.3 Å². The summed E-state index contributed by atoms with van der Waals surface area (Å²) in [6.45, 7) is 1.49. The van der Waals surface area contributed by atoms with E-state index in [1.165, 1.54) is 6.92 Å². The van der Waals surface area contributed by atoms with Gasteiger partial charge in [0.2, 0.25) is 0 Å². The van der Waals surface area contributed by atoms with E-state index in [1.54, 1.807) is 24.3 Å². The lowest BCUT2D eigenvalue weighted by atomic mass is 9.83. The predicted octanol–water partition coefficient (Wildman–Crippen LogP) is 1.86. The normalized spacial score (nSPS) is 14.9. The lowest BCUT2D eigenvalue weighted by Gasteiger charge is -2.17. The second kappa shape index (κ2) is 3.97. The molecule has 1 aliphatic carbocycles. The summed E-state index contributed by atoms with van der Waals surface area (Å²) in [4.78, 5) is 34.7. The van der Waals surface area contributed by atoms with E-state index in [-0.39, 0.29) is 22.7 Å². The van der Waals surface area contributed by atoms with Gasteiger partial charge in [0.15, 0.2) is 11.6 Å². The number of hydrogen-bond donors (Lipinski definition) is 1. The van der Waals surface area contributed by atoms with E-state index < -0.39 is 12.4 Å². The summed E-state index contributed by atoms with van der Waals surface area (Å²) in [6.07, 6.45) is -0.412. The number of carbonyl (C=O) groups excluding carboxylic acids is 2. The van der Waals surface area contributed by atoms with Gasteiger partial charge < -0.3 is 5.11 Å². The largest absolute Gasteiger partial charge is 0.481 e. The van der Waals surface area contributed by atoms with Crippen LogP contribution < -0.4 is 0 Å². The molecule has 1 aromatic carbocycles. The second-order valence-corrected chi connectivity index (χ2v) is 3.88. The van der Waals surface area contributed by atoms with Crippen molar-refractivity contribution >= 4 is 17.5 Å². The highest BCUT2D eigenvalue weighted by Crippen LogP contribution is 2.27. The van der Waals surface area contributed by atoms with Gasteiger partial charge in [0.05, 0.1) is 6.42 Å². The molecule has 4 heteroatoms. The third kappa shape index (κ3) is 1.78. The van der Waals surface area contributed by atoms with Crippen LogP contribution in [0.1, 0.15) is 34.1 Å². The molecular weight excluding hydrogens is 220 g/mol. The average molecular weight is 230 g/mol. The molecule has 0 aromatic heterocycles. The van der Waals surface area contributed by atoms with Crippen molar-refractivity contribution in [3.8, 4) is 0 Å². The van der Waals surface area contributed by atoms with Crippen molar-refractivity contribution in [1.82, 2.24) is 0 Å². The zero-order valence-corrected chi connectivity index (χ0v) is 9.19. The van der Waals surface area contributed by atoms with Crippen molar-refractivity contribution in [2.45, 2.75) is 13.3 Å². The Morgan fingerprint density at radius 1 is 1.12 bits per heavy atom. The molecule has 0 saturated heterocycles. The maximum Gasteiger partial charge on any atom is 0.307 e. The maximum absolute atomic E-state index is 12.0. The Bertz CT molecular complexity index is 567. The molecule has 0 saturated carbocycles. The summed E-state index contributed by atoms with van der Waals surface area (Å²) < 4.78 is 0. The molecule has 0 fully saturated rings. The van der Waals surface area contributed by atoms with Crippen molar-refractivity contribution in [2.24, 2.45) is 0 Å². The molecule has 0 aliphatic heterocycles. The van der Waals surface area contributed by atoms with Crippen LogP contribution in [0, 0.1) is 0 Å². The van der Waals surface area contributed by atoms with Crippen molar-refractivity contribution in [3.05, 3.63) is 46.5 Å². The van der Waals surface area contributed by atoms with E-state index in [9.17, 15) is 14.4 Å². The van der Waals surface area contributed by atoms with Crippen LogP contribution in [-0.4, -0.2) is 22.6 Å². The summed E-state index contributed by atoms with van der Waals surface area (Å²) in [7, 11) is 0. The zero-order valence-electron chi connectivity index (χ0n) is 9.19. The van der Waals surface area contributed by atoms with Crippen LogP contribution in [0.25, 0.3) is 0 Å². The Morgan fingerprint density at radius 2 is 1.65 bits per heavy atom. The van der Waals surface area contributed by atoms with E-state index >= 15 is 0 Å². The molecule has 0 spiro atoms. The monoisotopic (exact) mass is 230 g/mol. The number of Topliss-reactive ketones (excluding diaryl/α,β-unsaturated/α-hetero) is 2. The first-order valence-electron chi connectivity index (χ1n) is 5.12. The van der Waals surface area contributed by atoms with Gasteiger partial charge in [-0.25, -0.2) is 0 Å². The van der Waals surface area contributed by atoms with E-state index in [0.717, 1.165) is 0 Å². The summed E-state index contributed by atoms with van der Waals surface area (Å²) in [5, 5.41) is 8.74. The number of hydrogen-bond acceptors (Lipinski definition) is 3. The van der Waals surface area contributed by atoms with E-state index in [4.69, 9.17) is 5.11 Å². The standard InChI is InChI=1S/C13H10O4/c1-7-10(6-11(14)15)13(17)9-5-3-2-4-8(9)12(7)16/h2-5H,6H2,1H3,(H,14,15). The molecule has 2 rings (SSSR count). The molecule has 0 bridgehead atoms. The molecule has 0 amide bonds. The molecule has 17 heavy (non-hydrogen) atoms. The molecule has 0 unspecified atom stereocenters. The molecule has 4 nitrogen and oxygen atoms in total. The number of aliphatic carboxylic acids is 1. The highest BCUT2D eigenvalue weighted by atomic mass is 16.4. The van der Waals surface area contributed by atoms with Gasteiger partial charge >= 0.3 is 5.97 Å². The fourth-order valence-corrected chi connectivity index (χ4v) is 1.92. The second-order valence-electron chi connectivity index (χ2n) is 3.88. The smallest absolute Gasteiger partial charge is 0.307 e. The quantitative estimate of drug-likeness (QED) is 0.841. The van der Waals surface area contributed by atoms with Crippen molar-refractivity contribution < 1.29 is 19.5 Å². The molecule has 1 N–H and O–H groups in total. The SMILES string of the molecule is CC1=C(CC(=O)O)C(=O)c2ccccc2C1=O. The van der Waals surface area contributed by atoms with Crippen LogP contribution in [0.2, 0.25) is 0 Å².